The minimum atomic E-state index is -1.55. The molecule has 17 heteroatoms. The second-order valence-electron chi connectivity index (χ2n) is 13.7. The normalized spacial score (nSPS) is 35.5. The lowest BCUT2D eigenvalue weighted by molar-refractivity contribution is -0.167. The number of aliphatic hydroxyl groups is 2. The van der Waals surface area contributed by atoms with Gasteiger partial charge in [0, 0.05) is 63.6 Å². The maximum Gasteiger partial charge on any atom is 0.265 e. The molecule has 0 radical (unpaired) electrons. The number of amides is 5. The number of aromatic nitrogens is 1. The molecule has 0 unspecified atom stereocenters. The van der Waals surface area contributed by atoms with Crippen LogP contribution in [0.25, 0.3) is 10.9 Å². The van der Waals surface area contributed by atoms with Gasteiger partial charge < -0.3 is 29.5 Å². The lowest BCUT2D eigenvalue weighted by Crippen LogP contribution is -2.78. The molecule has 0 saturated carbocycles. The second kappa shape index (κ2) is 10.2. The monoisotopic (exact) mass is 752 g/mol. The molecule has 260 valence electrons. The zero-order valence-corrected chi connectivity index (χ0v) is 30.6. The highest BCUT2D eigenvalue weighted by atomic mass is 33.1. The van der Waals surface area contributed by atoms with Crippen molar-refractivity contribution in [2.75, 3.05) is 39.3 Å². The number of piperazine rings is 2. The van der Waals surface area contributed by atoms with E-state index in [1.165, 1.54) is 64.8 Å². The van der Waals surface area contributed by atoms with E-state index in [1.54, 1.807) is 30.9 Å². The smallest absolute Gasteiger partial charge is 0.265 e. The van der Waals surface area contributed by atoms with Crippen LogP contribution < -0.4 is 4.90 Å². The molecular weight excluding hydrogens is 721 g/mol. The number of fused-ring (bicyclic) bond motifs is 9. The van der Waals surface area contributed by atoms with Gasteiger partial charge in [-0.25, -0.2) is 0 Å². The van der Waals surface area contributed by atoms with Crippen molar-refractivity contribution in [1.29, 1.82) is 0 Å². The lowest BCUT2D eigenvalue weighted by Gasteiger charge is -2.58. The van der Waals surface area contributed by atoms with Gasteiger partial charge in [-0.3, -0.25) is 33.8 Å². The summed E-state index contributed by atoms with van der Waals surface area (Å²) >= 11 is 0. The van der Waals surface area contributed by atoms with E-state index in [9.17, 15) is 34.2 Å². The van der Waals surface area contributed by atoms with Crippen LogP contribution in [0.4, 0.5) is 5.69 Å². The highest BCUT2D eigenvalue weighted by molar-refractivity contribution is 8.78. The van der Waals surface area contributed by atoms with E-state index >= 15 is 0 Å². The molecule has 7 saturated heterocycles. The molecule has 6 atom stereocenters. The molecule has 0 aliphatic carbocycles. The number of benzene rings is 2. The van der Waals surface area contributed by atoms with Crippen molar-refractivity contribution in [3.8, 4) is 0 Å². The van der Waals surface area contributed by atoms with Crippen LogP contribution in [0.5, 0.6) is 0 Å². The molecule has 8 aliphatic rings. The summed E-state index contributed by atoms with van der Waals surface area (Å²) in [6.45, 7) is 0.342. The molecule has 11 rings (SSSR count). The minimum Gasteiger partial charge on any atom is -0.392 e. The van der Waals surface area contributed by atoms with E-state index in [2.05, 4.69) is 4.57 Å². The Labute approximate surface area is 302 Å². The molecule has 2 aromatic carbocycles. The topological polar surface area (TPSA) is 147 Å². The highest BCUT2D eigenvalue weighted by Gasteiger charge is 2.80. The van der Waals surface area contributed by atoms with Gasteiger partial charge in [-0.15, -0.1) is 0 Å². The Morgan fingerprint density at radius 2 is 1.36 bits per heavy atom. The predicted molar refractivity (Wildman–Crippen MR) is 191 cm³/mol. The fourth-order valence-corrected chi connectivity index (χ4v) is 16.2. The molecule has 1 spiro atoms. The molecule has 3 aromatic rings. The van der Waals surface area contributed by atoms with Crippen LogP contribution in [0.2, 0.25) is 0 Å². The number of aliphatic hydroxyl groups excluding tert-OH is 2. The Balaban J connectivity index is 1.29. The van der Waals surface area contributed by atoms with Crippen LogP contribution in [0.15, 0.2) is 54.7 Å². The van der Waals surface area contributed by atoms with Crippen molar-refractivity contribution in [1.82, 2.24) is 24.2 Å². The summed E-state index contributed by atoms with van der Waals surface area (Å²) in [6.07, 6.45) is 1.26. The van der Waals surface area contributed by atoms with E-state index in [1.807, 2.05) is 54.7 Å². The average Bonchev–Trinajstić information content (AvgIpc) is 3.73. The first-order valence-corrected chi connectivity index (χ1v) is 20.3. The van der Waals surface area contributed by atoms with Crippen LogP contribution >= 0.6 is 43.2 Å². The number of anilines is 1. The molecule has 1 aromatic heterocycles. The van der Waals surface area contributed by atoms with Gasteiger partial charge in [0.25, 0.3) is 23.6 Å². The first kappa shape index (κ1) is 32.6. The SMILES string of the molecule is CC(=O)N1c2ccccc2[C@@]2(n3cc(C[C@@]45SS[C@@](CO)(C(=O)N4C)N(C)C5=O)c4ccccc43)C[C@@]34SS[C@@](CO)(C(=O)N3[C@@H]12)N(C)C4=O. The second-order valence-corrected chi connectivity index (χ2v) is 19.0. The van der Waals surface area contributed by atoms with Crippen LogP contribution in [-0.2, 0) is 35.9 Å². The number of rotatable bonds is 5. The Hall–Kier alpha value is -3.35. The molecule has 8 aliphatic heterocycles. The summed E-state index contributed by atoms with van der Waals surface area (Å²) in [6, 6.07) is 15.2. The van der Waals surface area contributed by atoms with Gasteiger partial charge in [0.15, 0.2) is 9.74 Å². The third-order valence-corrected chi connectivity index (χ3v) is 18.9. The van der Waals surface area contributed by atoms with E-state index < -0.39 is 50.3 Å². The van der Waals surface area contributed by atoms with Gasteiger partial charge in [0.05, 0.1) is 18.9 Å². The van der Waals surface area contributed by atoms with E-state index in [-0.39, 0.29) is 36.5 Å². The van der Waals surface area contributed by atoms with E-state index in [4.69, 9.17) is 0 Å². The first-order chi connectivity index (χ1) is 23.8. The van der Waals surface area contributed by atoms with Crippen LogP contribution in [-0.4, -0.2) is 124 Å². The summed E-state index contributed by atoms with van der Waals surface area (Å²) in [7, 11) is 9.58. The largest absolute Gasteiger partial charge is 0.392 e. The molecule has 4 bridgehead atoms. The van der Waals surface area contributed by atoms with E-state index in [0.29, 0.717) is 5.69 Å². The van der Waals surface area contributed by atoms with Crippen molar-refractivity contribution in [2.24, 2.45) is 0 Å². The summed E-state index contributed by atoms with van der Waals surface area (Å²) in [5.41, 5.74) is 1.75. The zero-order chi connectivity index (χ0) is 35.3. The Morgan fingerprint density at radius 1 is 0.780 bits per heavy atom. The van der Waals surface area contributed by atoms with Gasteiger partial charge in [0.2, 0.25) is 15.6 Å². The van der Waals surface area contributed by atoms with Gasteiger partial charge in [-0.2, -0.15) is 0 Å². The summed E-state index contributed by atoms with van der Waals surface area (Å²) in [4.78, 5) is 72.4. The van der Waals surface area contributed by atoms with Gasteiger partial charge in [-0.1, -0.05) is 58.0 Å². The van der Waals surface area contributed by atoms with Crippen LogP contribution in [0.3, 0.4) is 0 Å². The highest BCUT2D eigenvalue weighted by Crippen LogP contribution is 2.70. The number of hydrogen-bond acceptors (Lipinski definition) is 11. The molecule has 50 heavy (non-hydrogen) atoms. The predicted octanol–water partition coefficient (Wildman–Crippen LogP) is 1.81. The first-order valence-electron chi connectivity index (χ1n) is 16.0. The standard InChI is InChI=1S/C33H32N6O7S4/c1-18(42)38-23-12-8-6-10-21(23)29(15-31-26(44)36(4)33(17-41,50-48-31)28(46)39(31)24(29)38)37-14-19(20-9-5-7-11-22(20)37)13-30-25(43)35(3)32(16-40,49-47-30)27(45)34(30)2/h5-12,14,24,40-41H,13,15-17H2,1-4H3/t24-,29+,30+,31+,32+,33+/m1/s1. The van der Waals surface area contributed by atoms with Gasteiger partial charge >= 0.3 is 0 Å². The molecule has 5 amide bonds. The Morgan fingerprint density at radius 3 is 2.08 bits per heavy atom. The fourth-order valence-electron chi connectivity index (χ4n) is 8.99. The maximum absolute atomic E-state index is 14.7. The Bertz CT molecular complexity index is 2120. The Kier molecular flexibility index (Phi) is 6.61. The third kappa shape index (κ3) is 3.34. The fraction of sp³-hybridized carbons (Fsp3) is 0.424. The summed E-state index contributed by atoms with van der Waals surface area (Å²) < 4.78 is 2.07. The number of para-hydroxylation sites is 2. The van der Waals surface area contributed by atoms with E-state index in [0.717, 1.165) is 22.0 Å². The summed E-state index contributed by atoms with van der Waals surface area (Å²) in [5.74, 6) is -1.71. The third-order valence-electron chi connectivity index (χ3n) is 11.6. The number of hydrogen-bond donors (Lipinski definition) is 2. The molecular formula is C33H32N6O7S4. The summed E-state index contributed by atoms with van der Waals surface area (Å²) in [5, 5.41) is 21.7. The molecule has 9 heterocycles. The number of carbonyl (C=O) groups is 5. The number of carbonyl (C=O) groups excluding carboxylic acids is 5. The van der Waals surface area contributed by atoms with Crippen LogP contribution in [0, 0.1) is 0 Å². The maximum atomic E-state index is 14.7. The van der Waals surface area contributed by atoms with Gasteiger partial charge in [0.1, 0.15) is 11.7 Å². The molecule has 7 fully saturated rings. The van der Waals surface area contributed by atoms with Crippen molar-refractivity contribution < 1.29 is 34.2 Å². The molecule has 2 N–H and O–H groups in total. The number of nitrogens with zero attached hydrogens (tertiary/aromatic N) is 6. The molecule has 13 nitrogen and oxygen atoms in total. The average molecular weight is 753 g/mol. The lowest BCUT2D eigenvalue weighted by atomic mass is 9.86. The van der Waals surface area contributed by atoms with Crippen molar-refractivity contribution in [3.05, 3.63) is 65.9 Å². The quantitative estimate of drug-likeness (QED) is 0.368. The zero-order valence-electron chi connectivity index (χ0n) is 27.4. The number of likely N-dealkylation sites (N-methyl/N-ethyl adjacent to an activating group) is 3. The minimum absolute atomic E-state index is 0.131. The van der Waals surface area contributed by atoms with Gasteiger partial charge in [-0.05, 0) is 39.3 Å². The van der Waals surface area contributed by atoms with Crippen molar-refractivity contribution in [2.45, 2.75) is 51.0 Å². The van der Waals surface area contributed by atoms with Crippen molar-refractivity contribution >= 4 is 89.3 Å². The van der Waals surface area contributed by atoms with Crippen LogP contribution in [0.1, 0.15) is 24.5 Å². The van der Waals surface area contributed by atoms with Crippen molar-refractivity contribution in [3.63, 3.8) is 0 Å².